The Kier molecular flexibility index (Phi) is 5.95. The van der Waals surface area contributed by atoms with Gasteiger partial charge in [-0.15, -0.1) is 10.2 Å². The van der Waals surface area contributed by atoms with Gasteiger partial charge in [-0.25, -0.2) is 0 Å². The van der Waals surface area contributed by atoms with Crippen LogP contribution in [-0.4, -0.2) is 49.9 Å². The van der Waals surface area contributed by atoms with Gasteiger partial charge in [0.25, 0.3) is 0 Å². The molecule has 17 heavy (non-hydrogen) atoms. The second-order valence-electron chi connectivity index (χ2n) is 3.09. The van der Waals surface area contributed by atoms with Gasteiger partial charge in [0, 0.05) is 13.2 Å². The van der Waals surface area contributed by atoms with Crippen LogP contribution in [0.25, 0.3) is 0 Å². The fourth-order valence-electron chi connectivity index (χ4n) is 1.19. The van der Waals surface area contributed by atoms with Gasteiger partial charge < -0.3 is 19.5 Å². The normalized spacial score (nSPS) is 10.7. The van der Waals surface area contributed by atoms with Gasteiger partial charge in [0.2, 0.25) is 0 Å². The van der Waals surface area contributed by atoms with Crippen molar-refractivity contribution < 1.29 is 19.7 Å². The van der Waals surface area contributed by atoms with Gasteiger partial charge in [-0.1, -0.05) is 11.8 Å². The summed E-state index contributed by atoms with van der Waals surface area (Å²) < 4.78 is 6.87. The first-order valence-corrected chi connectivity index (χ1v) is 6.12. The third-order valence-electron chi connectivity index (χ3n) is 1.92. The van der Waals surface area contributed by atoms with Crippen molar-refractivity contribution in [2.24, 2.45) is 0 Å². The predicted octanol–water partition coefficient (Wildman–Crippen LogP) is -0.0164. The summed E-state index contributed by atoms with van der Waals surface area (Å²) in [5, 5.41) is 25.8. The van der Waals surface area contributed by atoms with Crippen LogP contribution in [0.1, 0.15) is 12.7 Å². The monoisotopic (exact) mass is 261 g/mol. The molecule has 1 heterocycles. The van der Waals surface area contributed by atoms with Crippen molar-refractivity contribution in [3.63, 3.8) is 0 Å². The number of rotatable bonds is 8. The van der Waals surface area contributed by atoms with Crippen molar-refractivity contribution in [2.45, 2.75) is 25.2 Å². The highest BCUT2D eigenvalue weighted by molar-refractivity contribution is 7.99. The Morgan fingerprint density at radius 3 is 2.88 bits per heavy atom. The summed E-state index contributed by atoms with van der Waals surface area (Å²) in [5.41, 5.74) is 0. The lowest BCUT2D eigenvalue weighted by Crippen LogP contribution is -2.11. The van der Waals surface area contributed by atoms with Crippen molar-refractivity contribution in [3.8, 4) is 0 Å². The largest absolute Gasteiger partial charge is 0.481 e. The van der Waals surface area contributed by atoms with E-state index in [-0.39, 0.29) is 12.4 Å². The molecule has 8 heteroatoms. The molecule has 1 aromatic rings. The van der Waals surface area contributed by atoms with Crippen LogP contribution in [0.5, 0.6) is 0 Å². The third-order valence-corrected chi connectivity index (χ3v) is 2.87. The van der Waals surface area contributed by atoms with E-state index in [0.29, 0.717) is 30.7 Å². The third kappa shape index (κ3) is 4.33. The molecule has 0 atom stereocenters. The maximum absolute atomic E-state index is 10.5. The van der Waals surface area contributed by atoms with E-state index < -0.39 is 5.97 Å². The van der Waals surface area contributed by atoms with Gasteiger partial charge >= 0.3 is 5.97 Å². The van der Waals surface area contributed by atoms with Crippen LogP contribution in [-0.2, 0) is 22.7 Å². The van der Waals surface area contributed by atoms with E-state index in [2.05, 4.69) is 10.2 Å². The standard InChI is InChI=1S/C9H15N3O4S/c1-2-16-4-3-12-7(5-13)10-11-9(12)17-6-8(14)15/h13H,2-6H2,1H3,(H,14,15). The van der Waals surface area contributed by atoms with Crippen LogP contribution in [0.3, 0.4) is 0 Å². The SMILES string of the molecule is CCOCCn1c(CO)nnc1SCC(=O)O. The number of ether oxygens (including phenoxy) is 1. The van der Waals surface area contributed by atoms with Gasteiger partial charge in [0.05, 0.1) is 12.4 Å². The molecule has 0 bridgehead atoms. The summed E-state index contributed by atoms with van der Waals surface area (Å²) in [6, 6.07) is 0. The van der Waals surface area contributed by atoms with Crippen molar-refractivity contribution >= 4 is 17.7 Å². The molecule has 2 N–H and O–H groups in total. The number of hydrogen-bond donors (Lipinski definition) is 2. The fraction of sp³-hybridized carbons (Fsp3) is 0.667. The number of aliphatic hydroxyl groups excluding tert-OH is 1. The van der Waals surface area contributed by atoms with E-state index in [1.54, 1.807) is 4.57 Å². The molecule has 0 unspecified atom stereocenters. The summed E-state index contributed by atoms with van der Waals surface area (Å²) in [6.45, 7) is 3.24. The molecule has 7 nitrogen and oxygen atoms in total. The molecule has 0 fully saturated rings. The van der Waals surface area contributed by atoms with E-state index in [4.69, 9.17) is 14.9 Å². The minimum atomic E-state index is -0.917. The average Bonchev–Trinajstić information content (AvgIpc) is 2.69. The van der Waals surface area contributed by atoms with Crippen LogP contribution in [0.15, 0.2) is 5.16 Å². The Morgan fingerprint density at radius 1 is 1.53 bits per heavy atom. The lowest BCUT2D eigenvalue weighted by atomic mass is 10.6. The number of carboxylic acid groups (broad SMARTS) is 1. The highest BCUT2D eigenvalue weighted by atomic mass is 32.2. The number of aliphatic hydroxyl groups is 1. The second-order valence-corrected chi connectivity index (χ2v) is 4.03. The lowest BCUT2D eigenvalue weighted by Gasteiger charge is -2.08. The zero-order valence-corrected chi connectivity index (χ0v) is 10.3. The first-order chi connectivity index (χ1) is 8.19. The maximum atomic E-state index is 10.5. The molecule has 1 rings (SSSR count). The number of nitrogens with zero attached hydrogens (tertiary/aromatic N) is 3. The molecule has 0 aliphatic heterocycles. The van der Waals surface area contributed by atoms with E-state index in [1.807, 2.05) is 6.92 Å². The fourth-order valence-corrected chi connectivity index (χ4v) is 1.90. The quantitative estimate of drug-likeness (QED) is 0.501. The second kappa shape index (κ2) is 7.25. The topological polar surface area (TPSA) is 97.5 Å². The maximum Gasteiger partial charge on any atom is 0.313 e. The summed E-state index contributed by atoms with van der Waals surface area (Å²) in [5.74, 6) is -0.587. The Labute approximate surface area is 103 Å². The van der Waals surface area contributed by atoms with Crippen LogP contribution in [0.2, 0.25) is 0 Å². The van der Waals surface area contributed by atoms with Crippen LogP contribution >= 0.6 is 11.8 Å². The zero-order valence-electron chi connectivity index (χ0n) is 9.50. The Bertz CT molecular complexity index is 369. The number of carboxylic acids is 1. The molecular weight excluding hydrogens is 246 g/mol. The smallest absolute Gasteiger partial charge is 0.313 e. The molecule has 0 saturated carbocycles. The van der Waals surface area contributed by atoms with E-state index in [1.165, 1.54) is 0 Å². The van der Waals surface area contributed by atoms with Crippen molar-refractivity contribution in [1.82, 2.24) is 14.8 Å². The first-order valence-electron chi connectivity index (χ1n) is 5.14. The molecule has 0 aliphatic carbocycles. The zero-order chi connectivity index (χ0) is 12.7. The van der Waals surface area contributed by atoms with Gasteiger partial charge in [0.15, 0.2) is 11.0 Å². The van der Waals surface area contributed by atoms with Gasteiger partial charge in [0.1, 0.15) is 6.61 Å². The van der Waals surface area contributed by atoms with Crippen LogP contribution in [0.4, 0.5) is 0 Å². The molecule has 96 valence electrons. The van der Waals surface area contributed by atoms with Gasteiger partial charge in [-0.05, 0) is 6.92 Å². The van der Waals surface area contributed by atoms with Crippen LogP contribution < -0.4 is 0 Å². The summed E-state index contributed by atoms with van der Waals surface area (Å²) >= 11 is 1.07. The van der Waals surface area contributed by atoms with Crippen molar-refractivity contribution in [3.05, 3.63) is 5.82 Å². The molecule has 0 amide bonds. The number of aromatic nitrogens is 3. The highest BCUT2D eigenvalue weighted by Gasteiger charge is 2.12. The minimum Gasteiger partial charge on any atom is -0.481 e. The predicted molar refractivity (Wildman–Crippen MR) is 60.8 cm³/mol. The molecule has 0 spiro atoms. The minimum absolute atomic E-state index is 0.0851. The van der Waals surface area contributed by atoms with E-state index in [9.17, 15) is 4.79 Å². The van der Waals surface area contributed by atoms with Gasteiger partial charge in [-0.3, -0.25) is 4.79 Å². The van der Waals surface area contributed by atoms with E-state index >= 15 is 0 Å². The van der Waals surface area contributed by atoms with E-state index in [0.717, 1.165) is 11.8 Å². The first kappa shape index (κ1) is 13.9. The molecular formula is C9H15N3O4S. The molecule has 0 aromatic carbocycles. The summed E-state index contributed by atoms with van der Waals surface area (Å²) in [7, 11) is 0. The highest BCUT2D eigenvalue weighted by Crippen LogP contribution is 2.16. The molecule has 0 radical (unpaired) electrons. The number of thioether (sulfide) groups is 1. The Morgan fingerprint density at radius 2 is 2.29 bits per heavy atom. The number of carbonyl (C=O) groups is 1. The van der Waals surface area contributed by atoms with Crippen molar-refractivity contribution in [1.29, 1.82) is 0 Å². The summed E-state index contributed by atoms with van der Waals surface area (Å²) in [4.78, 5) is 10.5. The number of hydrogen-bond acceptors (Lipinski definition) is 6. The molecule has 0 aliphatic rings. The molecule has 0 saturated heterocycles. The average molecular weight is 261 g/mol. The lowest BCUT2D eigenvalue weighted by molar-refractivity contribution is -0.133. The molecule has 1 aromatic heterocycles. The van der Waals surface area contributed by atoms with Crippen molar-refractivity contribution in [2.75, 3.05) is 19.0 Å². The van der Waals surface area contributed by atoms with Gasteiger partial charge in [-0.2, -0.15) is 0 Å². The Balaban J connectivity index is 2.67. The summed E-state index contributed by atoms with van der Waals surface area (Å²) in [6.07, 6.45) is 0. The van der Waals surface area contributed by atoms with Crippen LogP contribution in [0, 0.1) is 0 Å². The Hall–Kier alpha value is -1.12. The number of aliphatic carboxylic acids is 1.